The van der Waals surface area contributed by atoms with Crippen molar-refractivity contribution >= 4 is 18.0 Å². The number of rotatable bonds is 5. The minimum absolute atomic E-state index is 0.133. The van der Waals surface area contributed by atoms with Crippen LogP contribution in [0.1, 0.15) is 21.7 Å². The van der Waals surface area contributed by atoms with Crippen molar-refractivity contribution in [2.45, 2.75) is 6.18 Å². The van der Waals surface area contributed by atoms with Gasteiger partial charge in [-0.15, -0.1) is 0 Å². The molecule has 3 aromatic rings. The molecule has 0 unspecified atom stereocenters. The first-order valence-corrected chi connectivity index (χ1v) is 7.59. The van der Waals surface area contributed by atoms with E-state index in [0.717, 1.165) is 12.1 Å². The molecule has 9 heteroatoms. The highest BCUT2D eigenvalue weighted by Crippen LogP contribution is 2.28. The van der Waals surface area contributed by atoms with Crippen molar-refractivity contribution in [2.75, 3.05) is 5.43 Å². The van der Waals surface area contributed by atoms with Crippen LogP contribution >= 0.6 is 0 Å². The number of nitrogens with one attached hydrogen (secondary N) is 1. The van der Waals surface area contributed by atoms with Crippen LogP contribution in [-0.2, 0) is 6.18 Å². The molecule has 0 spiro atoms. The van der Waals surface area contributed by atoms with E-state index in [1.165, 1.54) is 18.3 Å². The van der Waals surface area contributed by atoms with Crippen molar-refractivity contribution in [2.24, 2.45) is 5.10 Å². The van der Waals surface area contributed by atoms with E-state index in [9.17, 15) is 18.0 Å². The maximum absolute atomic E-state index is 12.5. The molecule has 0 bridgehead atoms. The summed E-state index contributed by atoms with van der Waals surface area (Å²) in [6, 6.07) is 11.6. The van der Waals surface area contributed by atoms with Crippen molar-refractivity contribution in [3.8, 4) is 11.3 Å². The summed E-state index contributed by atoms with van der Waals surface area (Å²) in [6.07, 6.45) is -2.42. The zero-order chi connectivity index (χ0) is 19.4. The zero-order valence-electron chi connectivity index (χ0n) is 13.6. The molecule has 27 heavy (non-hydrogen) atoms. The van der Waals surface area contributed by atoms with Crippen molar-refractivity contribution in [3.63, 3.8) is 0 Å². The van der Waals surface area contributed by atoms with Crippen LogP contribution in [0.3, 0.4) is 0 Å². The smallest absolute Gasteiger partial charge is 0.417 e. The first kappa shape index (κ1) is 18.2. The third kappa shape index (κ3) is 4.51. The Bertz CT molecular complexity index is 979. The Morgan fingerprint density at radius 1 is 1.19 bits per heavy atom. The number of hydrogen-bond donors (Lipinski definition) is 2. The van der Waals surface area contributed by atoms with Gasteiger partial charge in [0.05, 0.1) is 17.3 Å². The number of halogens is 3. The molecular formula is C18H12F3N3O3. The molecule has 0 atom stereocenters. The summed E-state index contributed by atoms with van der Waals surface area (Å²) < 4.78 is 43.0. The van der Waals surface area contributed by atoms with Gasteiger partial charge in [-0.1, -0.05) is 12.1 Å². The molecule has 2 heterocycles. The van der Waals surface area contributed by atoms with Gasteiger partial charge in [0.2, 0.25) is 0 Å². The van der Waals surface area contributed by atoms with Crippen molar-refractivity contribution in [3.05, 3.63) is 71.6 Å². The summed E-state index contributed by atoms with van der Waals surface area (Å²) >= 11 is 0. The van der Waals surface area contributed by atoms with Gasteiger partial charge in [0.25, 0.3) is 0 Å². The predicted molar refractivity (Wildman–Crippen MR) is 91.6 cm³/mol. The summed E-state index contributed by atoms with van der Waals surface area (Å²) in [5, 5.41) is 12.9. The number of furan rings is 1. The van der Waals surface area contributed by atoms with Gasteiger partial charge in [0.15, 0.2) is 0 Å². The van der Waals surface area contributed by atoms with Crippen molar-refractivity contribution in [1.82, 2.24) is 4.98 Å². The number of anilines is 1. The van der Waals surface area contributed by atoms with Crippen LogP contribution in [0.15, 0.2) is 64.2 Å². The van der Waals surface area contributed by atoms with Crippen LogP contribution in [0.5, 0.6) is 0 Å². The fraction of sp³-hybridized carbons (Fsp3) is 0.0556. The topological polar surface area (TPSA) is 87.7 Å². The van der Waals surface area contributed by atoms with Gasteiger partial charge in [0, 0.05) is 11.8 Å². The molecule has 2 N–H and O–H groups in total. The van der Waals surface area contributed by atoms with Crippen LogP contribution in [0.2, 0.25) is 0 Å². The minimum Gasteiger partial charge on any atom is -0.478 e. The van der Waals surface area contributed by atoms with Crippen LogP contribution in [0, 0.1) is 0 Å². The monoisotopic (exact) mass is 375 g/mol. The lowest BCUT2D eigenvalue weighted by Gasteiger charge is -2.06. The summed E-state index contributed by atoms with van der Waals surface area (Å²) in [7, 11) is 0. The van der Waals surface area contributed by atoms with Gasteiger partial charge in [-0.3, -0.25) is 5.43 Å². The molecule has 0 saturated carbocycles. The minimum atomic E-state index is -4.45. The van der Waals surface area contributed by atoms with E-state index in [1.54, 1.807) is 24.3 Å². The Balaban J connectivity index is 1.67. The van der Waals surface area contributed by atoms with E-state index in [4.69, 9.17) is 9.52 Å². The van der Waals surface area contributed by atoms with Gasteiger partial charge in [-0.25, -0.2) is 9.78 Å². The van der Waals surface area contributed by atoms with E-state index >= 15 is 0 Å². The number of hydrogen-bond acceptors (Lipinski definition) is 5. The second-order valence-corrected chi connectivity index (χ2v) is 5.39. The standard InChI is InChI=1S/C18H12F3N3O3/c19-18(20,21)13-4-7-16(22-9-13)24-23-10-14-5-6-15(27-14)11-2-1-3-12(8-11)17(25)26/h1-10H,(H,22,24)(H,25,26)/b23-10+. The Labute approximate surface area is 151 Å². The highest BCUT2D eigenvalue weighted by molar-refractivity contribution is 5.89. The number of pyridine rings is 1. The largest absolute Gasteiger partial charge is 0.478 e. The van der Waals surface area contributed by atoms with E-state index in [1.807, 2.05) is 0 Å². The molecule has 0 radical (unpaired) electrons. The molecule has 1 aromatic carbocycles. The number of nitrogens with zero attached hydrogens (tertiary/aromatic N) is 2. The molecule has 0 saturated heterocycles. The zero-order valence-corrected chi connectivity index (χ0v) is 13.6. The lowest BCUT2D eigenvalue weighted by Crippen LogP contribution is -2.05. The lowest BCUT2D eigenvalue weighted by molar-refractivity contribution is -0.137. The maximum atomic E-state index is 12.5. The highest BCUT2D eigenvalue weighted by Gasteiger charge is 2.30. The predicted octanol–water partition coefficient (Wildman–Crippen LogP) is 4.50. The molecule has 3 rings (SSSR count). The fourth-order valence-electron chi connectivity index (χ4n) is 2.17. The number of carboxylic acids is 1. The summed E-state index contributed by atoms with van der Waals surface area (Å²) in [5.41, 5.74) is 2.37. The number of aromatic carboxylic acids is 1. The van der Waals surface area contributed by atoms with Crippen LogP contribution in [-0.4, -0.2) is 22.3 Å². The van der Waals surface area contributed by atoms with Gasteiger partial charge >= 0.3 is 12.1 Å². The van der Waals surface area contributed by atoms with Crippen molar-refractivity contribution < 1.29 is 27.5 Å². The molecule has 2 aromatic heterocycles. The Morgan fingerprint density at radius 3 is 2.67 bits per heavy atom. The summed E-state index contributed by atoms with van der Waals surface area (Å²) in [6.45, 7) is 0. The number of benzene rings is 1. The van der Waals surface area contributed by atoms with Gasteiger partial charge in [-0.2, -0.15) is 18.3 Å². The second-order valence-electron chi connectivity index (χ2n) is 5.39. The number of carbonyl (C=O) groups is 1. The fourth-order valence-corrected chi connectivity index (χ4v) is 2.17. The number of carboxylic acid groups (broad SMARTS) is 1. The lowest BCUT2D eigenvalue weighted by atomic mass is 10.1. The Morgan fingerprint density at radius 2 is 2.00 bits per heavy atom. The molecule has 0 amide bonds. The van der Waals surface area contributed by atoms with E-state index in [0.29, 0.717) is 23.3 Å². The molecule has 0 aliphatic heterocycles. The van der Waals surface area contributed by atoms with Crippen LogP contribution in [0.25, 0.3) is 11.3 Å². The van der Waals surface area contributed by atoms with Gasteiger partial charge < -0.3 is 9.52 Å². The average molecular weight is 375 g/mol. The molecule has 6 nitrogen and oxygen atoms in total. The molecule has 138 valence electrons. The highest BCUT2D eigenvalue weighted by atomic mass is 19.4. The Hall–Kier alpha value is -3.62. The van der Waals surface area contributed by atoms with Crippen LogP contribution < -0.4 is 5.43 Å². The third-order valence-electron chi connectivity index (χ3n) is 3.48. The van der Waals surface area contributed by atoms with Gasteiger partial charge in [-0.05, 0) is 36.4 Å². The number of aromatic nitrogens is 1. The summed E-state index contributed by atoms with van der Waals surface area (Å²) in [5.74, 6) is -0.0871. The molecular weight excluding hydrogens is 363 g/mol. The van der Waals surface area contributed by atoms with E-state index < -0.39 is 17.7 Å². The normalized spacial score (nSPS) is 11.7. The summed E-state index contributed by atoms with van der Waals surface area (Å²) in [4.78, 5) is 14.6. The number of hydrazone groups is 1. The quantitative estimate of drug-likeness (QED) is 0.506. The average Bonchev–Trinajstić information content (AvgIpc) is 3.10. The Kier molecular flexibility index (Phi) is 4.93. The maximum Gasteiger partial charge on any atom is 0.417 e. The van der Waals surface area contributed by atoms with Crippen molar-refractivity contribution in [1.29, 1.82) is 0 Å². The number of alkyl halides is 3. The van der Waals surface area contributed by atoms with E-state index in [2.05, 4.69) is 15.5 Å². The third-order valence-corrected chi connectivity index (χ3v) is 3.48. The van der Waals surface area contributed by atoms with Gasteiger partial charge in [0.1, 0.15) is 17.3 Å². The molecule has 0 aliphatic rings. The van der Waals surface area contributed by atoms with Crippen LogP contribution in [0.4, 0.5) is 19.0 Å². The first-order chi connectivity index (χ1) is 12.8. The molecule has 0 aliphatic carbocycles. The molecule has 0 fully saturated rings. The second kappa shape index (κ2) is 7.32. The van der Waals surface area contributed by atoms with E-state index in [-0.39, 0.29) is 11.4 Å². The first-order valence-electron chi connectivity index (χ1n) is 7.59. The SMILES string of the molecule is O=C(O)c1cccc(-c2ccc(/C=N/Nc3ccc(C(F)(F)F)cn3)o2)c1.